The number of aliphatic hydroxyl groups is 1. The molecule has 19 heavy (non-hydrogen) atoms. The second kappa shape index (κ2) is 4.94. The van der Waals surface area contributed by atoms with Crippen LogP contribution < -0.4 is 0 Å². The highest BCUT2D eigenvalue weighted by atomic mass is 32.1. The summed E-state index contributed by atoms with van der Waals surface area (Å²) >= 11 is 1.58. The van der Waals surface area contributed by atoms with Crippen molar-refractivity contribution in [2.24, 2.45) is 0 Å². The number of hydrogen-bond donors (Lipinski definition) is 1. The molecule has 1 N–H and O–H groups in total. The van der Waals surface area contributed by atoms with Gasteiger partial charge in [-0.15, -0.1) is 16.4 Å². The normalized spacial score (nSPS) is 12.7. The third-order valence-corrected chi connectivity index (χ3v) is 3.45. The lowest BCUT2D eigenvalue weighted by atomic mass is 10.3. The molecule has 7 heteroatoms. The van der Waals surface area contributed by atoms with Crippen molar-refractivity contribution in [1.29, 1.82) is 0 Å². The lowest BCUT2D eigenvalue weighted by Gasteiger charge is -1.95. The van der Waals surface area contributed by atoms with Crippen LogP contribution in [0.1, 0.15) is 24.4 Å². The van der Waals surface area contributed by atoms with E-state index in [0.29, 0.717) is 18.1 Å². The zero-order valence-corrected chi connectivity index (χ0v) is 11.0. The quantitative estimate of drug-likeness (QED) is 0.789. The van der Waals surface area contributed by atoms with Crippen molar-refractivity contribution in [3.8, 4) is 10.8 Å². The van der Waals surface area contributed by atoms with Gasteiger partial charge in [0.05, 0.1) is 23.7 Å². The first-order chi connectivity index (χ1) is 9.22. The average molecular weight is 276 g/mol. The van der Waals surface area contributed by atoms with Crippen molar-refractivity contribution < 1.29 is 9.52 Å². The van der Waals surface area contributed by atoms with Gasteiger partial charge in [-0.05, 0) is 18.4 Å². The van der Waals surface area contributed by atoms with E-state index in [-0.39, 0.29) is 0 Å². The third kappa shape index (κ3) is 2.56. The average Bonchev–Trinajstić information content (AvgIpc) is 3.09. The van der Waals surface area contributed by atoms with Crippen molar-refractivity contribution in [3.63, 3.8) is 0 Å². The van der Waals surface area contributed by atoms with E-state index in [0.717, 1.165) is 10.6 Å². The number of oxazole rings is 1. The van der Waals surface area contributed by atoms with Crippen LogP contribution in [-0.4, -0.2) is 25.1 Å². The summed E-state index contributed by atoms with van der Waals surface area (Å²) in [6.07, 6.45) is 2.69. The van der Waals surface area contributed by atoms with Crippen molar-refractivity contribution in [2.75, 3.05) is 0 Å². The Kier molecular flexibility index (Phi) is 3.14. The van der Waals surface area contributed by atoms with Gasteiger partial charge in [-0.2, -0.15) is 0 Å². The molecule has 0 saturated heterocycles. The summed E-state index contributed by atoms with van der Waals surface area (Å²) in [4.78, 5) is 5.39. The van der Waals surface area contributed by atoms with E-state index >= 15 is 0 Å². The van der Waals surface area contributed by atoms with Crippen LogP contribution in [0.15, 0.2) is 34.4 Å². The molecule has 0 aliphatic heterocycles. The highest BCUT2D eigenvalue weighted by molar-refractivity contribution is 7.13. The molecule has 0 amide bonds. The first-order valence-corrected chi connectivity index (χ1v) is 6.67. The Bertz CT molecular complexity index is 657. The predicted molar refractivity (Wildman–Crippen MR) is 69.6 cm³/mol. The lowest BCUT2D eigenvalue weighted by Crippen LogP contribution is -2.00. The second-order valence-electron chi connectivity index (χ2n) is 4.14. The van der Waals surface area contributed by atoms with Crippen molar-refractivity contribution in [3.05, 3.63) is 41.4 Å². The maximum atomic E-state index is 9.38. The van der Waals surface area contributed by atoms with E-state index < -0.39 is 6.10 Å². The van der Waals surface area contributed by atoms with E-state index in [1.54, 1.807) is 35.4 Å². The Morgan fingerprint density at radius 1 is 1.53 bits per heavy atom. The number of thiophene rings is 1. The summed E-state index contributed by atoms with van der Waals surface area (Å²) in [6, 6.07) is 3.91. The Balaban J connectivity index is 1.76. The highest BCUT2D eigenvalue weighted by Gasteiger charge is 2.10. The topological polar surface area (TPSA) is 77.0 Å². The molecule has 0 radical (unpaired) electrons. The molecule has 1 unspecified atom stereocenters. The van der Waals surface area contributed by atoms with E-state index in [1.807, 2.05) is 17.5 Å². The summed E-state index contributed by atoms with van der Waals surface area (Å²) in [5, 5.41) is 19.2. The number of nitrogens with zero attached hydrogens (tertiary/aromatic N) is 4. The molecule has 3 aromatic rings. The van der Waals surface area contributed by atoms with Gasteiger partial charge in [0.15, 0.2) is 0 Å². The van der Waals surface area contributed by atoms with Gasteiger partial charge < -0.3 is 9.52 Å². The van der Waals surface area contributed by atoms with Crippen LogP contribution in [-0.2, 0) is 6.54 Å². The second-order valence-corrected chi connectivity index (χ2v) is 5.09. The summed E-state index contributed by atoms with van der Waals surface area (Å²) in [7, 11) is 0. The molecule has 0 aliphatic carbocycles. The smallest absolute Gasteiger partial charge is 0.236 e. The molecule has 0 aliphatic rings. The molecule has 3 rings (SSSR count). The minimum absolute atomic E-state index is 0.467. The van der Waals surface area contributed by atoms with Crippen molar-refractivity contribution in [2.45, 2.75) is 19.6 Å². The minimum Gasteiger partial charge on any atom is -0.443 e. The predicted octanol–water partition coefficient (Wildman–Crippen LogP) is 2.10. The van der Waals surface area contributed by atoms with Crippen LogP contribution in [0.4, 0.5) is 0 Å². The first kappa shape index (κ1) is 12.1. The SMILES string of the molecule is CC(O)c1cn(Cc2coc(-c3cccs3)n2)nn1. The van der Waals surface area contributed by atoms with E-state index in [2.05, 4.69) is 15.3 Å². The Hall–Kier alpha value is -1.99. The molecule has 6 nitrogen and oxygen atoms in total. The van der Waals surface area contributed by atoms with Gasteiger partial charge in [0.2, 0.25) is 5.89 Å². The van der Waals surface area contributed by atoms with Crippen LogP contribution in [0.2, 0.25) is 0 Å². The third-order valence-electron chi connectivity index (χ3n) is 2.59. The molecule has 98 valence electrons. The fraction of sp³-hybridized carbons (Fsp3) is 0.250. The van der Waals surface area contributed by atoms with Crippen LogP contribution in [0.5, 0.6) is 0 Å². The zero-order valence-electron chi connectivity index (χ0n) is 10.2. The molecule has 0 fully saturated rings. The molecule has 0 saturated carbocycles. The molecule has 3 aromatic heterocycles. The summed E-state index contributed by atoms with van der Waals surface area (Å²) in [5.74, 6) is 0.612. The van der Waals surface area contributed by atoms with Crippen LogP contribution in [0, 0.1) is 0 Å². The largest absolute Gasteiger partial charge is 0.443 e. The summed E-state index contributed by atoms with van der Waals surface area (Å²) in [6.45, 7) is 2.12. The minimum atomic E-state index is -0.618. The standard InChI is InChI=1S/C12H12N4O2S/c1-8(17)10-6-16(15-14-10)5-9-7-18-12(13-9)11-3-2-4-19-11/h2-4,6-8,17H,5H2,1H3. The Labute approximate surface area is 113 Å². The van der Waals surface area contributed by atoms with Gasteiger partial charge in [-0.1, -0.05) is 11.3 Å². The lowest BCUT2D eigenvalue weighted by molar-refractivity contribution is 0.194. The monoisotopic (exact) mass is 276 g/mol. The van der Waals surface area contributed by atoms with Crippen LogP contribution >= 0.6 is 11.3 Å². The van der Waals surface area contributed by atoms with Gasteiger partial charge in [0, 0.05) is 0 Å². The van der Waals surface area contributed by atoms with Gasteiger partial charge >= 0.3 is 0 Å². The molecule has 0 spiro atoms. The Morgan fingerprint density at radius 2 is 2.42 bits per heavy atom. The zero-order chi connectivity index (χ0) is 13.2. The van der Waals surface area contributed by atoms with E-state index in [4.69, 9.17) is 4.42 Å². The maximum Gasteiger partial charge on any atom is 0.236 e. The number of hydrogen-bond acceptors (Lipinski definition) is 6. The molecule has 1 atom stereocenters. The fourth-order valence-corrected chi connectivity index (χ4v) is 2.30. The number of rotatable bonds is 4. The van der Waals surface area contributed by atoms with Crippen molar-refractivity contribution >= 4 is 11.3 Å². The number of aromatic nitrogens is 4. The van der Waals surface area contributed by atoms with Crippen molar-refractivity contribution in [1.82, 2.24) is 20.0 Å². The van der Waals surface area contributed by atoms with Gasteiger partial charge in [-0.3, -0.25) is 0 Å². The molecule has 0 bridgehead atoms. The number of aliphatic hydroxyl groups excluding tert-OH is 1. The van der Waals surface area contributed by atoms with Crippen LogP contribution in [0.3, 0.4) is 0 Å². The first-order valence-electron chi connectivity index (χ1n) is 5.79. The summed E-state index contributed by atoms with van der Waals surface area (Å²) < 4.78 is 7.05. The van der Waals surface area contributed by atoms with Gasteiger partial charge in [-0.25, -0.2) is 9.67 Å². The summed E-state index contributed by atoms with van der Waals surface area (Å²) in [5.41, 5.74) is 1.31. The molecular formula is C12H12N4O2S. The van der Waals surface area contributed by atoms with Crippen LogP contribution in [0.25, 0.3) is 10.8 Å². The van der Waals surface area contributed by atoms with E-state index in [1.165, 1.54) is 0 Å². The highest BCUT2D eigenvalue weighted by Crippen LogP contribution is 2.23. The van der Waals surface area contributed by atoms with Gasteiger partial charge in [0.1, 0.15) is 17.7 Å². The van der Waals surface area contributed by atoms with E-state index in [9.17, 15) is 5.11 Å². The Morgan fingerprint density at radius 3 is 3.11 bits per heavy atom. The molecule has 0 aromatic carbocycles. The molecule has 3 heterocycles. The fourth-order valence-electron chi connectivity index (χ4n) is 1.64. The molecular weight excluding hydrogens is 264 g/mol. The van der Waals surface area contributed by atoms with Gasteiger partial charge in [0.25, 0.3) is 0 Å². The maximum absolute atomic E-state index is 9.38.